The van der Waals surface area contributed by atoms with Crippen LogP contribution in [0.1, 0.15) is 6.42 Å². The molecule has 0 aromatic carbocycles. The average Bonchev–Trinajstić information content (AvgIpc) is 2.12. The number of thioether (sulfide) groups is 1. The molecule has 0 aliphatic carbocycles. The summed E-state index contributed by atoms with van der Waals surface area (Å²) >= 11 is 1.84. The normalized spacial score (nSPS) is 23.2. The van der Waals surface area contributed by atoms with E-state index in [0.717, 1.165) is 36.6 Å². The predicted molar refractivity (Wildman–Crippen MR) is 54.8 cm³/mol. The van der Waals surface area contributed by atoms with E-state index in [0.29, 0.717) is 6.04 Å². The third-order valence-corrected chi connectivity index (χ3v) is 3.36. The van der Waals surface area contributed by atoms with E-state index in [9.17, 15) is 4.79 Å². The monoisotopic (exact) mass is 198 g/mol. The summed E-state index contributed by atoms with van der Waals surface area (Å²) in [5, 5.41) is 6.13. The summed E-state index contributed by atoms with van der Waals surface area (Å²) in [4.78, 5) is 11.6. The van der Waals surface area contributed by atoms with Gasteiger partial charge in [-0.1, -0.05) is 6.08 Å². The van der Waals surface area contributed by atoms with Crippen molar-refractivity contribution in [2.45, 2.75) is 12.5 Å². The molecule has 2 heterocycles. The van der Waals surface area contributed by atoms with E-state index in [-0.39, 0.29) is 5.91 Å². The molecule has 2 rings (SSSR count). The van der Waals surface area contributed by atoms with Crippen molar-refractivity contribution < 1.29 is 4.79 Å². The Kier molecular flexibility index (Phi) is 2.90. The molecule has 0 unspecified atom stereocenters. The van der Waals surface area contributed by atoms with Gasteiger partial charge in [-0.3, -0.25) is 4.79 Å². The van der Waals surface area contributed by atoms with Crippen molar-refractivity contribution in [2.75, 3.05) is 24.6 Å². The summed E-state index contributed by atoms with van der Waals surface area (Å²) in [6.45, 7) is 1.85. The van der Waals surface area contributed by atoms with Gasteiger partial charge in [-0.05, 0) is 12.2 Å². The Bertz CT molecular complexity index is 236. The summed E-state index contributed by atoms with van der Waals surface area (Å²) in [6.07, 6.45) is 3.11. The minimum absolute atomic E-state index is 0.138. The lowest BCUT2D eigenvalue weighted by Crippen LogP contribution is -2.57. The Balaban J connectivity index is 1.84. The first-order valence-electron chi connectivity index (χ1n) is 4.64. The lowest BCUT2D eigenvalue weighted by Gasteiger charge is -2.28. The van der Waals surface area contributed by atoms with Gasteiger partial charge in [0.25, 0.3) is 0 Å². The maximum atomic E-state index is 11.6. The van der Waals surface area contributed by atoms with E-state index in [4.69, 9.17) is 0 Å². The Morgan fingerprint density at radius 3 is 3.00 bits per heavy atom. The van der Waals surface area contributed by atoms with E-state index in [1.165, 1.54) is 0 Å². The first-order chi connectivity index (χ1) is 6.36. The van der Waals surface area contributed by atoms with Gasteiger partial charge in [0.15, 0.2) is 0 Å². The number of carbonyl (C=O) groups is 1. The number of hydrogen-bond donors (Lipinski definition) is 2. The molecule has 1 saturated heterocycles. The van der Waals surface area contributed by atoms with E-state index < -0.39 is 0 Å². The van der Waals surface area contributed by atoms with Crippen molar-refractivity contribution >= 4 is 17.7 Å². The van der Waals surface area contributed by atoms with Gasteiger partial charge >= 0.3 is 0 Å². The fraction of sp³-hybridized carbons (Fsp3) is 0.667. The number of rotatable bonds is 2. The molecule has 1 fully saturated rings. The van der Waals surface area contributed by atoms with Crippen LogP contribution in [0.5, 0.6) is 0 Å². The Morgan fingerprint density at radius 2 is 2.46 bits per heavy atom. The molecule has 4 heteroatoms. The zero-order valence-electron chi connectivity index (χ0n) is 7.51. The zero-order chi connectivity index (χ0) is 9.10. The molecule has 2 aliphatic rings. The van der Waals surface area contributed by atoms with Crippen molar-refractivity contribution in [1.29, 1.82) is 0 Å². The minimum atomic E-state index is 0.138. The molecule has 0 bridgehead atoms. The molecule has 72 valence electrons. The SMILES string of the molecule is O=C(NC1CNC1)C1=CCCSC1. The van der Waals surface area contributed by atoms with Crippen molar-refractivity contribution in [3.8, 4) is 0 Å². The van der Waals surface area contributed by atoms with Gasteiger partial charge in [-0.15, -0.1) is 0 Å². The van der Waals surface area contributed by atoms with Gasteiger partial charge in [-0.2, -0.15) is 11.8 Å². The van der Waals surface area contributed by atoms with Crippen molar-refractivity contribution in [1.82, 2.24) is 10.6 Å². The molecular weight excluding hydrogens is 184 g/mol. The van der Waals surface area contributed by atoms with Gasteiger partial charge in [0.1, 0.15) is 0 Å². The molecule has 0 aromatic heterocycles. The molecule has 0 saturated carbocycles. The Labute approximate surface area is 82.3 Å². The molecule has 1 amide bonds. The third-order valence-electron chi connectivity index (χ3n) is 2.32. The van der Waals surface area contributed by atoms with Crippen molar-refractivity contribution in [2.24, 2.45) is 0 Å². The average molecular weight is 198 g/mol. The quantitative estimate of drug-likeness (QED) is 0.663. The van der Waals surface area contributed by atoms with Gasteiger partial charge < -0.3 is 10.6 Å². The lowest BCUT2D eigenvalue weighted by atomic mass is 10.1. The second kappa shape index (κ2) is 4.15. The van der Waals surface area contributed by atoms with Gasteiger partial charge in [0, 0.05) is 24.4 Å². The highest BCUT2D eigenvalue weighted by molar-refractivity contribution is 7.99. The largest absolute Gasteiger partial charge is 0.347 e. The summed E-state index contributed by atoms with van der Waals surface area (Å²) < 4.78 is 0. The number of hydrogen-bond acceptors (Lipinski definition) is 3. The molecule has 0 spiro atoms. The van der Waals surface area contributed by atoms with Gasteiger partial charge in [0.05, 0.1) is 6.04 Å². The molecule has 0 radical (unpaired) electrons. The standard InChI is InChI=1S/C9H14N2OS/c12-9(11-8-4-10-5-8)7-2-1-3-13-6-7/h2,8,10H,1,3-6H2,(H,11,12). The van der Waals surface area contributed by atoms with Crippen LogP contribution < -0.4 is 10.6 Å². The highest BCUT2D eigenvalue weighted by atomic mass is 32.2. The molecule has 13 heavy (non-hydrogen) atoms. The fourth-order valence-corrected chi connectivity index (χ4v) is 2.28. The van der Waals surface area contributed by atoms with Crippen LogP contribution in [0.2, 0.25) is 0 Å². The van der Waals surface area contributed by atoms with Crippen LogP contribution in [0.15, 0.2) is 11.6 Å². The number of amides is 1. The smallest absolute Gasteiger partial charge is 0.248 e. The molecule has 2 N–H and O–H groups in total. The first-order valence-corrected chi connectivity index (χ1v) is 5.80. The van der Waals surface area contributed by atoms with Crippen LogP contribution in [0.3, 0.4) is 0 Å². The number of nitrogens with one attached hydrogen (secondary N) is 2. The molecular formula is C9H14N2OS. The van der Waals surface area contributed by atoms with Crippen molar-refractivity contribution in [3.63, 3.8) is 0 Å². The summed E-state index contributed by atoms with van der Waals surface area (Å²) in [6, 6.07) is 0.361. The van der Waals surface area contributed by atoms with Gasteiger partial charge in [0.2, 0.25) is 5.91 Å². The second-order valence-corrected chi connectivity index (χ2v) is 4.50. The highest BCUT2D eigenvalue weighted by Gasteiger charge is 2.21. The molecule has 0 aromatic rings. The van der Waals surface area contributed by atoms with Crippen LogP contribution in [0.25, 0.3) is 0 Å². The van der Waals surface area contributed by atoms with E-state index in [1.807, 2.05) is 11.8 Å². The summed E-state index contributed by atoms with van der Waals surface area (Å²) in [5.74, 6) is 2.17. The van der Waals surface area contributed by atoms with Crippen LogP contribution in [0.4, 0.5) is 0 Å². The minimum Gasteiger partial charge on any atom is -0.347 e. The molecule has 2 aliphatic heterocycles. The second-order valence-electron chi connectivity index (χ2n) is 3.40. The van der Waals surface area contributed by atoms with Gasteiger partial charge in [-0.25, -0.2) is 0 Å². The lowest BCUT2D eigenvalue weighted by molar-refractivity contribution is -0.118. The maximum absolute atomic E-state index is 11.6. The third kappa shape index (κ3) is 2.25. The van der Waals surface area contributed by atoms with Crippen molar-refractivity contribution in [3.05, 3.63) is 11.6 Å². The predicted octanol–water partition coefficient (Wildman–Crippen LogP) is 0.138. The fourth-order valence-electron chi connectivity index (χ4n) is 1.38. The first kappa shape index (κ1) is 9.09. The van der Waals surface area contributed by atoms with Crippen LogP contribution >= 0.6 is 11.8 Å². The molecule has 3 nitrogen and oxygen atoms in total. The zero-order valence-corrected chi connectivity index (χ0v) is 8.32. The van der Waals surface area contributed by atoms with Crippen LogP contribution in [0, 0.1) is 0 Å². The van der Waals surface area contributed by atoms with E-state index >= 15 is 0 Å². The van der Waals surface area contributed by atoms with Crippen LogP contribution in [-0.4, -0.2) is 36.5 Å². The summed E-state index contributed by atoms with van der Waals surface area (Å²) in [7, 11) is 0. The topological polar surface area (TPSA) is 41.1 Å². The molecule has 0 atom stereocenters. The highest BCUT2D eigenvalue weighted by Crippen LogP contribution is 2.16. The van der Waals surface area contributed by atoms with E-state index in [2.05, 4.69) is 16.7 Å². The number of carbonyl (C=O) groups excluding carboxylic acids is 1. The summed E-state index contributed by atoms with van der Waals surface area (Å²) in [5.41, 5.74) is 0.961. The Morgan fingerprint density at radius 1 is 1.62 bits per heavy atom. The number of allylic oxidation sites excluding steroid dienone is 1. The van der Waals surface area contributed by atoms with Crippen LogP contribution in [-0.2, 0) is 4.79 Å². The van der Waals surface area contributed by atoms with E-state index in [1.54, 1.807) is 0 Å². The maximum Gasteiger partial charge on any atom is 0.248 e. The Hall–Kier alpha value is -0.480.